The smallest absolute Gasteiger partial charge is 0.307 e. The van der Waals surface area contributed by atoms with Crippen LogP contribution in [0.15, 0.2) is 12.5 Å². The summed E-state index contributed by atoms with van der Waals surface area (Å²) in [5.74, 6) is -1.00. The monoisotopic (exact) mass is 156 g/mol. The van der Waals surface area contributed by atoms with Gasteiger partial charge in [0.2, 0.25) is 6.29 Å². The molecule has 0 radical (unpaired) electrons. The average Bonchev–Trinajstić information content (AvgIpc) is 2.50. The lowest BCUT2D eigenvalue weighted by molar-refractivity contribution is -0.162. The van der Waals surface area contributed by atoms with Gasteiger partial charge in [0.15, 0.2) is 0 Å². The zero-order valence-electron chi connectivity index (χ0n) is 6.58. The number of rotatable bonds is 4. The Hall–Kier alpha value is -0.990. The van der Waals surface area contributed by atoms with Gasteiger partial charge >= 0.3 is 5.79 Å². The van der Waals surface area contributed by atoms with Gasteiger partial charge in [-0.1, -0.05) is 13.3 Å². The van der Waals surface area contributed by atoms with Crippen molar-refractivity contribution in [3.63, 3.8) is 0 Å². The van der Waals surface area contributed by atoms with Gasteiger partial charge in [0.05, 0.1) is 0 Å². The molecule has 0 fully saturated rings. The molecule has 3 nitrogen and oxygen atoms in total. The summed E-state index contributed by atoms with van der Waals surface area (Å²) in [7, 11) is 0. The van der Waals surface area contributed by atoms with Crippen LogP contribution in [0.1, 0.15) is 26.2 Å². The highest BCUT2D eigenvalue weighted by Crippen LogP contribution is 2.23. The predicted octanol–water partition coefficient (Wildman–Crippen LogP) is 1.59. The van der Waals surface area contributed by atoms with Gasteiger partial charge in [-0.05, 0) is 6.42 Å². The molecule has 0 unspecified atom stereocenters. The molecule has 0 aliphatic carbocycles. The van der Waals surface area contributed by atoms with Gasteiger partial charge in [0.1, 0.15) is 12.5 Å². The summed E-state index contributed by atoms with van der Waals surface area (Å²) in [6.45, 7) is 2.06. The maximum Gasteiger partial charge on any atom is 0.307 e. The Labute approximate surface area is 66.0 Å². The van der Waals surface area contributed by atoms with Crippen LogP contribution in [0.4, 0.5) is 0 Å². The minimum Gasteiger partial charge on any atom is -0.450 e. The Balaban J connectivity index is 2.41. The third-order valence-electron chi connectivity index (χ3n) is 1.65. The topological polar surface area (TPSA) is 35.5 Å². The normalized spacial score (nSPS) is 19.0. The second-order valence-corrected chi connectivity index (χ2v) is 2.54. The standard InChI is InChI=1S/C8H12O3/c1-2-3-4-8(7-9)10-5-6-11-8/h5-7H,2-4H2,1H3. The summed E-state index contributed by atoms with van der Waals surface area (Å²) in [5, 5.41) is 0. The van der Waals surface area contributed by atoms with Crippen LogP contribution in [0.3, 0.4) is 0 Å². The molecule has 1 heterocycles. The van der Waals surface area contributed by atoms with Gasteiger partial charge in [0, 0.05) is 6.42 Å². The van der Waals surface area contributed by atoms with Crippen LogP contribution < -0.4 is 0 Å². The number of unbranched alkanes of at least 4 members (excludes halogenated alkanes) is 1. The summed E-state index contributed by atoms with van der Waals surface area (Å²) < 4.78 is 10.0. The molecule has 1 aliphatic heterocycles. The van der Waals surface area contributed by atoms with E-state index in [0.717, 1.165) is 12.8 Å². The molecule has 1 aliphatic rings. The van der Waals surface area contributed by atoms with E-state index in [1.807, 2.05) is 0 Å². The quantitative estimate of drug-likeness (QED) is 0.580. The van der Waals surface area contributed by atoms with Gasteiger partial charge in [0.25, 0.3) is 0 Å². The van der Waals surface area contributed by atoms with Gasteiger partial charge in [-0.15, -0.1) is 0 Å². The molecule has 0 aromatic heterocycles. The maximum absolute atomic E-state index is 10.5. The van der Waals surface area contributed by atoms with Crippen LogP contribution in [0.5, 0.6) is 0 Å². The highest BCUT2D eigenvalue weighted by atomic mass is 16.7. The fourth-order valence-electron chi connectivity index (χ4n) is 0.969. The second-order valence-electron chi connectivity index (χ2n) is 2.54. The molecular formula is C8H12O3. The summed E-state index contributed by atoms with van der Waals surface area (Å²) >= 11 is 0. The SMILES string of the molecule is CCCCC1(C=O)OC=CO1. The number of carbonyl (C=O) groups is 1. The molecule has 0 atom stereocenters. The van der Waals surface area contributed by atoms with Crippen molar-refractivity contribution in [2.24, 2.45) is 0 Å². The van der Waals surface area contributed by atoms with Crippen molar-refractivity contribution in [1.29, 1.82) is 0 Å². The van der Waals surface area contributed by atoms with Gasteiger partial charge in [-0.3, -0.25) is 4.79 Å². The molecule has 0 bridgehead atoms. The van der Waals surface area contributed by atoms with Crippen molar-refractivity contribution >= 4 is 6.29 Å². The first-order valence-corrected chi connectivity index (χ1v) is 3.80. The van der Waals surface area contributed by atoms with E-state index in [0.29, 0.717) is 12.7 Å². The molecule has 0 saturated carbocycles. The lowest BCUT2D eigenvalue weighted by atomic mass is 10.1. The molecular weight excluding hydrogens is 144 g/mol. The number of ether oxygens (including phenoxy) is 2. The van der Waals surface area contributed by atoms with Gasteiger partial charge in [-0.25, -0.2) is 0 Å². The van der Waals surface area contributed by atoms with E-state index < -0.39 is 5.79 Å². The molecule has 62 valence electrons. The molecule has 3 heteroatoms. The van der Waals surface area contributed by atoms with Crippen LogP contribution >= 0.6 is 0 Å². The highest BCUT2D eigenvalue weighted by Gasteiger charge is 2.34. The first-order valence-electron chi connectivity index (χ1n) is 3.80. The van der Waals surface area contributed by atoms with Crippen molar-refractivity contribution < 1.29 is 14.3 Å². The molecule has 0 aromatic rings. The van der Waals surface area contributed by atoms with Crippen molar-refractivity contribution in [3.8, 4) is 0 Å². The maximum atomic E-state index is 10.5. The van der Waals surface area contributed by atoms with Crippen molar-refractivity contribution in [3.05, 3.63) is 12.5 Å². The fraction of sp³-hybridized carbons (Fsp3) is 0.625. The Kier molecular flexibility index (Phi) is 2.52. The second kappa shape index (κ2) is 3.42. The fourth-order valence-corrected chi connectivity index (χ4v) is 0.969. The van der Waals surface area contributed by atoms with E-state index in [4.69, 9.17) is 9.47 Å². The molecule has 11 heavy (non-hydrogen) atoms. The van der Waals surface area contributed by atoms with Gasteiger partial charge < -0.3 is 9.47 Å². The van der Waals surface area contributed by atoms with Crippen LogP contribution in [0.25, 0.3) is 0 Å². The van der Waals surface area contributed by atoms with Crippen LogP contribution in [-0.4, -0.2) is 12.1 Å². The van der Waals surface area contributed by atoms with Gasteiger partial charge in [-0.2, -0.15) is 0 Å². The average molecular weight is 156 g/mol. The third kappa shape index (κ3) is 1.73. The van der Waals surface area contributed by atoms with Crippen molar-refractivity contribution in [2.45, 2.75) is 32.0 Å². The van der Waals surface area contributed by atoms with Crippen molar-refractivity contribution in [1.82, 2.24) is 0 Å². The summed E-state index contributed by atoms with van der Waals surface area (Å²) in [5.41, 5.74) is 0. The molecule has 0 saturated heterocycles. The Morgan fingerprint density at radius 1 is 1.45 bits per heavy atom. The lowest BCUT2D eigenvalue weighted by Gasteiger charge is -2.20. The van der Waals surface area contributed by atoms with E-state index in [2.05, 4.69) is 6.92 Å². The first-order chi connectivity index (χ1) is 5.33. The Morgan fingerprint density at radius 3 is 2.55 bits per heavy atom. The predicted molar refractivity (Wildman–Crippen MR) is 39.6 cm³/mol. The zero-order chi connectivity index (χ0) is 8.16. The lowest BCUT2D eigenvalue weighted by Crippen LogP contribution is -2.31. The number of hydrogen-bond donors (Lipinski definition) is 0. The summed E-state index contributed by atoms with van der Waals surface area (Å²) in [6, 6.07) is 0. The molecule has 1 rings (SSSR count). The van der Waals surface area contributed by atoms with Crippen LogP contribution in [-0.2, 0) is 14.3 Å². The van der Waals surface area contributed by atoms with E-state index >= 15 is 0 Å². The largest absolute Gasteiger partial charge is 0.450 e. The number of aldehydes is 1. The number of carbonyl (C=O) groups excluding carboxylic acids is 1. The summed E-state index contributed by atoms with van der Waals surface area (Å²) in [6.07, 6.45) is 6.11. The minimum absolute atomic E-state index is 0.625. The Bertz CT molecular complexity index is 155. The van der Waals surface area contributed by atoms with E-state index in [1.165, 1.54) is 12.5 Å². The number of hydrogen-bond acceptors (Lipinski definition) is 3. The third-order valence-corrected chi connectivity index (χ3v) is 1.65. The van der Waals surface area contributed by atoms with Crippen LogP contribution in [0, 0.1) is 0 Å². The van der Waals surface area contributed by atoms with E-state index in [9.17, 15) is 4.79 Å². The zero-order valence-corrected chi connectivity index (χ0v) is 6.58. The van der Waals surface area contributed by atoms with Crippen molar-refractivity contribution in [2.75, 3.05) is 0 Å². The Morgan fingerprint density at radius 2 is 2.09 bits per heavy atom. The van der Waals surface area contributed by atoms with E-state index in [-0.39, 0.29) is 0 Å². The molecule has 0 amide bonds. The molecule has 0 N–H and O–H groups in total. The van der Waals surface area contributed by atoms with E-state index in [1.54, 1.807) is 0 Å². The molecule has 0 aromatic carbocycles. The molecule has 0 spiro atoms. The first kappa shape index (κ1) is 8.11. The minimum atomic E-state index is -1.00. The highest BCUT2D eigenvalue weighted by molar-refractivity contribution is 5.60. The van der Waals surface area contributed by atoms with Crippen LogP contribution in [0.2, 0.25) is 0 Å². The summed E-state index contributed by atoms with van der Waals surface area (Å²) in [4.78, 5) is 10.5.